The van der Waals surface area contributed by atoms with Gasteiger partial charge in [0.15, 0.2) is 0 Å². The fourth-order valence-electron chi connectivity index (χ4n) is 1.16. The topological polar surface area (TPSA) is 87.0 Å². The number of aliphatic carboxylic acids is 2. The first-order valence-corrected chi connectivity index (χ1v) is 5.01. The highest BCUT2D eigenvalue weighted by atomic mass is 16.4. The lowest BCUT2D eigenvalue weighted by Gasteiger charge is -2.08. The first-order valence-electron chi connectivity index (χ1n) is 5.01. The van der Waals surface area contributed by atoms with Gasteiger partial charge in [0.1, 0.15) is 6.04 Å². The summed E-state index contributed by atoms with van der Waals surface area (Å²) < 4.78 is 0. The monoisotopic (exact) mass is 215 g/mol. The van der Waals surface area contributed by atoms with Gasteiger partial charge in [-0.3, -0.25) is 9.79 Å². The molecule has 15 heavy (non-hydrogen) atoms. The van der Waals surface area contributed by atoms with Gasteiger partial charge in [0.05, 0.1) is 0 Å². The van der Waals surface area contributed by atoms with E-state index in [1.54, 1.807) is 0 Å². The molecule has 0 fully saturated rings. The number of aliphatic imine (C=N–C) groups is 1. The van der Waals surface area contributed by atoms with Crippen LogP contribution in [0.5, 0.6) is 0 Å². The molecule has 0 saturated carbocycles. The molecule has 0 amide bonds. The Balaban J connectivity index is 4.45. The fourth-order valence-corrected chi connectivity index (χ4v) is 1.16. The minimum atomic E-state index is -1.06. The molecule has 5 heteroatoms. The predicted molar refractivity (Wildman–Crippen MR) is 56.3 cm³/mol. The van der Waals surface area contributed by atoms with Crippen LogP contribution in [-0.4, -0.2) is 33.9 Å². The van der Waals surface area contributed by atoms with Gasteiger partial charge < -0.3 is 10.2 Å². The van der Waals surface area contributed by atoms with E-state index in [2.05, 4.69) is 4.99 Å². The van der Waals surface area contributed by atoms with Crippen molar-refractivity contribution >= 4 is 17.7 Å². The number of rotatable bonds is 7. The summed E-state index contributed by atoms with van der Waals surface area (Å²) in [5.74, 6) is -2.05. The van der Waals surface area contributed by atoms with E-state index in [1.165, 1.54) is 0 Å². The molecule has 0 aliphatic rings. The minimum Gasteiger partial charge on any atom is -0.481 e. The number of carbonyl (C=O) groups is 2. The third kappa shape index (κ3) is 5.83. The number of carboxylic acid groups (broad SMARTS) is 2. The number of hydrogen-bond acceptors (Lipinski definition) is 3. The van der Waals surface area contributed by atoms with E-state index < -0.39 is 18.0 Å². The van der Waals surface area contributed by atoms with Crippen molar-refractivity contribution in [3.8, 4) is 0 Å². The van der Waals surface area contributed by atoms with Crippen LogP contribution in [0.2, 0.25) is 0 Å². The van der Waals surface area contributed by atoms with Crippen molar-refractivity contribution in [2.45, 2.75) is 45.6 Å². The molecule has 1 atom stereocenters. The molecule has 0 saturated heterocycles. The molecule has 0 radical (unpaired) electrons. The number of carboxylic acids is 2. The van der Waals surface area contributed by atoms with Gasteiger partial charge in [-0.15, -0.1) is 0 Å². The molecule has 0 heterocycles. The number of hydrogen-bond donors (Lipinski definition) is 2. The van der Waals surface area contributed by atoms with E-state index in [-0.39, 0.29) is 12.8 Å². The van der Waals surface area contributed by atoms with Crippen molar-refractivity contribution in [3.63, 3.8) is 0 Å². The smallest absolute Gasteiger partial charge is 0.328 e. The van der Waals surface area contributed by atoms with E-state index in [0.29, 0.717) is 12.8 Å². The summed E-state index contributed by atoms with van der Waals surface area (Å²) in [6.07, 6.45) is 1.29. The summed E-state index contributed by atoms with van der Waals surface area (Å²) in [7, 11) is 0. The van der Waals surface area contributed by atoms with Gasteiger partial charge in [0.2, 0.25) is 0 Å². The minimum absolute atomic E-state index is 0.0498. The van der Waals surface area contributed by atoms with Gasteiger partial charge in [0, 0.05) is 12.1 Å². The zero-order chi connectivity index (χ0) is 11.8. The summed E-state index contributed by atoms with van der Waals surface area (Å²) in [5, 5.41) is 17.3. The fraction of sp³-hybridized carbons (Fsp3) is 0.700. The van der Waals surface area contributed by atoms with Crippen LogP contribution in [-0.2, 0) is 9.59 Å². The molecule has 0 aromatic heterocycles. The van der Waals surface area contributed by atoms with Crippen molar-refractivity contribution in [1.82, 2.24) is 0 Å². The average molecular weight is 215 g/mol. The molecule has 0 aliphatic carbocycles. The van der Waals surface area contributed by atoms with Gasteiger partial charge in [-0.05, 0) is 19.3 Å². The molecular formula is C10H17NO4. The highest BCUT2D eigenvalue weighted by Crippen LogP contribution is 2.06. The Hall–Kier alpha value is -1.39. The van der Waals surface area contributed by atoms with Crippen LogP contribution >= 0.6 is 0 Å². The SMILES string of the molecule is CCC(CC)=NC(CCC(=O)O)C(=O)O. The molecule has 1 unspecified atom stereocenters. The van der Waals surface area contributed by atoms with Gasteiger partial charge in [0.25, 0.3) is 0 Å². The Morgan fingerprint density at radius 2 is 1.73 bits per heavy atom. The highest BCUT2D eigenvalue weighted by molar-refractivity contribution is 5.87. The van der Waals surface area contributed by atoms with E-state index in [0.717, 1.165) is 5.71 Å². The van der Waals surface area contributed by atoms with Gasteiger partial charge in [-0.1, -0.05) is 13.8 Å². The van der Waals surface area contributed by atoms with Crippen LogP contribution in [0.3, 0.4) is 0 Å². The van der Waals surface area contributed by atoms with Crippen LogP contribution in [0, 0.1) is 0 Å². The standard InChI is InChI=1S/C10H17NO4/c1-3-7(4-2)11-8(10(14)15)5-6-9(12)13/h8H,3-6H2,1-2H3,(H,12,13)(H,14,15). The van der Waals surface area contributed by atoms with Crippen molar-refractivity contribution in [2.24, 2.45) is 4.99 Å². The zero-order valence-electron chi connectivity index (χ0n) is 9.06. The molecule has 0 rings (SSSR count). The Morgan fingerprint density at radius 3 is 2.07 bits per heavy atom. The first kappa shape index (κ1) is 13.6. The van der Waals surface area contributed by atoms with Crippen LogP contribution in [0.25, 0.3) is 0 Å². The summed E-state index contributed by atoms with van der Waals surface area (Å²) in [6, 6.07) is -0.920. The quantitative estimate of drug-likeness (QED) is 0.631. The van der Waals surface area contributed by atoms with Crippen molar-refractivity contribution in [1.29, 1.82) is 0 Å². The third-order valence-corrected chi connectivity index (χ3v) is 2.07. The molecule has 86 valence electrons. The van der Waals surface area contributed by atoms with Gasteiger partial charge in [-0.2, -0.15) is 0 Å². The van der Waals surface area contributed by atoms with E-state index >= 15 is 0 Å². The normalized spacial score (nSPS) is 11.9. The molecule has 0 aliphatic heterocycles. The molecule has 0 spiro atoms. The van der Waals surface area contributed by atoms with Crippen LogP contribution < -0.4 is 0 Å². The maximum Gasteiger partial charge on any atom is 0.328 e. The second-order valence-corrected chi connectivity index (χ2v) is 3.19. The Morgan fingerprint density at radius 1 is 1.20 bits per heavy atom. The first-order chi connectivity index (χ1) is 7.01. The summed E-state index contributed by atoms with van der Waals surface area (Å²) >= 11 is 0. The summed E-state index contributed by atoms with van der Waals surface area (Å²) in [5.41, 5.74) is 0.813. The second kappa shape index (κ2) is 6.98. The maximum atomic E-state index is 10.8. The number of nitrogens with zero attached hydrogens (tertiary/aromatic N) is 1. The van der Waals surface area contributed by atoms with Gasteiger partial charge >= 0.3 is 11.9 Å². The van der Waals surface area contributed by atoms with E-state index in [9.17, 15) is 9.59 Å². The lowest BCUT2D eigenvalue weighted by molar-refractivity contribution is -0.139. The molecule has 2 N–H and O–H groups in total. The lowest BCUT2D eigenvalue weighted by atomic mass is 10.1. The summed E-state index contributed by atoms with van der Waals surface area (Å²) in [6.45, 7) is 3.80. The van der Waals surface area contributed by atoms with Crippen molar-refractivity contribution in [2.75, 3.05) is 0 Å². The van der Waals surface area contributed by atoms with Crippen LogP contribution in [0.15, 0.2) is 4.99 Å². The second-order valence-electron chi connectivity index (χ2n) is 3.19. The molecule has 0 aromatic rings. The zero-order valence-corrected chi connectivity index (χ0v) is 9.06. The molecule has 0 bridgehead atoms. The van der Waals surface area contributed by atoms with E-state index in [1.807, 2.05) is 13.8 Å². The van der Waals surface area contributed by atoms with Crippen molar-refractivity contribution < 1.29 is 19.8 Å². The third-order valence-electron chi connectivity index (χ3n) is 2.07. The van der Waals surface area contributed by atoms with Gasteiger partial charge in [-0.25, -0.2) is 4.79 Å². The predicted octanol–water partition coefficient (Wildman–Crippen LogP) is 1.57. The maximum absolute atomic E-state index is 10.8. The largest absolute Gasteiger partial charge is 0.481 e. The van der Waals surface area contributed by atoms with Crippen molar-refractivity contribution in [3.05, 3.63) is 0 Å². The summed E-state index contributed by atoms with van der Waals surface area (Å²) in [4.78, 5) is 25.1. The average Bonchev–Trinajstić information content (AvgIpc) is 2.17. The Kier molecular flexibility index (Phi) is 6.33. The highest BCUT2D eigenvalue weighted by Gasteiger charge is 2.17. The Labute approximate surface area is 88.8 Å². The van der Waals surface area contributed by atoms with Crippen LogP contribution in [0.4, 0.5) is 0 Å². The molecule has 0 aromatic carbocycles. The lowest BCUT2D eigenvalue weighted by Crippen LogP contribution is -2.21. The molecular weight excluding hydrogens is 198 g/mol. The van der Waals surface area contributed by atoms with E-state index in [4.69, 9.17) is 10.2 Å². The molecule has 5 nitrogen and oxygen atoms in total. The Bertz CT molecular complexity index is 254. The van der Waals surface area contributed by atoms with Crippen LogP contribution in [0.1, 0.15) is 39.5 Å².